The minimum Gasteiger partial charge on any atom is -0.490 e. The van der Waals surface area contributed by atoms with Crippen LogP contribution in [0.5, 0.6) is 5.75 Å². The van der Waals surface area contributed by atoms with Crippen LogP contribution in [0, 0.1) is 0 Å². The highest BCUT2D eigenvalue weighted by atomic mass is 16.7. The molecule has 2 saturated heterocycles. The van der Waals surface area contributed by atoms with Gasteiger partial charge >= 0.3 is 0 Å². The largest absolute Gasteiger partial charge is 0.490 e. The molecule has 5 nitrogen and oxygen atoms in total. The first-order valence-corrected chi connectivity index (χ1v) is 9.03. The van der Waals surface area contributed by atoms with E-state index in [1.165, 1.54) is 0 Å². The molecule has 0 aromatic heterocycles. The van der Waals surface area contributed by atoms with Crippen LogP contribution >= 0.6 is 0 Å². The van der Waals surface area contributed by atoms with Crippen LogP contribution in [0.4, 0.5) is 0 Å². The summed E-state index contributed by atoms with van der Waals surface area (Å²) in [4.78, 5) is 2.26. The summed E-state index contributed by atoms with van der Waals surface area (Å²) in [7, 11) is 0. The van der Waals surface area contributed by atoms with E-state index in [-0.39, 0.29) is 5.79 Å². The van der Waals surface area contributed by atoms with Gasteiger partial charge in [0, 0.05) is 37.9 Å². The number of aliphatic hydroxyl groups excluding tert-OH is 1. The van der Waals surface area contributed by atoms with Crippen LogP contribution < -0.4 is 4.74 Å². The van der Waals surface area contributed by atoms with Gasteiger partial charge in [-0.2, -0.15) is 0 Å². The van der Waals surface area contributed by atoms with Gasteiger partial charge in [-0.25, -0.2) is 0 Å². The summed E-state index contributed by atoms with van der Waals surface area (Å²) < 4.78 is 17.4. The lowest BCUT2D eigenvalue weighted by Crippen LogP contribution is -2.47. The maximum absolute atomic E-state index is 10.4. The van der Waals surface area contributed by atoms with Crippen LogP contribution in [0.2, 0.25) is 0 Å². The molecule has 25 heavy (non-hydrogen) atoms. The van der Waals surface area contributed by atoms with Gasteiger partial charge in [0.1, 0.15) is 18.5 Å². The van der Waals surface area contributed by atoms with Gasteiger partial charge in [0.05, 0.1) is 13.2 Å². The van der Waals surface area contributed by atoms with Crippen molar-refractivity contribution in [2.75, 3.05) is 39.5 Å². The lowest BCUT2D eigenvalue weighted by atomic mass is 10.0. The van der Waals surface area contributed by atoms with Gasteiger partial charge in [-0.15, -0.1) is 0 Å². The Kier molecular flexibility index (Phi) is 4.90. The van der Waals surface area contributed by atoms with Crippen LogP contribution in [0.1, 0.15) is 12.8 Å². The van der Waals surface area contributed by atoms with Gasteiger partial charge in [-0.3, -0.25) is 0 Å². The summed E-state index contributed by atoms with van der Waals surface area (Å²) in [6.07, 6.45) is 1.21. The van der Waals surface area contributed by atoms with Crippen LogP contribution in [0.3, 0.4) is 0 Å². The molecular weight excluding hydrogens is 318 g/mol. The fourth-order valence-electron chi connectivity index (χ4n) is 3.72. The van der Waals surface area contributed by atoms with Crippen molar-refractivity contribution >= 4 is 10.8 Å². The van der Waals surface area contributed by atoms with Crippen molar-refractivity contribution < 1.29 is 19.3 Å². The van der Waals surface area contributed by atoms with E-state index >= 15 is 0 Å². The Morgan fingerprint density at radius 3 is 2.56 bits per heavy atom. The number of fused-ring (bicyclic) bond motifs is 1. The number of piperidine rings is 1. The number of benzene rings is 2. The number of aliphatic hydroxyl groups is 1. The van der Waals surface area contributed by atoms with E-state index in [2.05, 4.69) is 17.0 Å². The smallest absolute Gasteiger partial charge is 0.170 e. The number of likely N-dealkylation sites (tertiary alicyclic amines) is 1. The summed E-state index contributed by atoms with van der Waals surface area (Å²) in [6, 6.07) is 14.1. The van der Waals surface area contributed by atoms with E-state index in [4.69, 9.17) is 14.2 Å². The van der Waals surface area contributed by atoms with Crippen molar-refractivity contribution in [2.24, 2.45) is 0 Å². The van der Waals surface area contributed by atoms with Gasteiger partial charge in [-0.1, -0.05) is 36.4 Å². The van der Waals surface area contributed by atoms with Gasteiger partial charge in [0.2, 0.25) is 0 Å². The third kappa shape index (κ3) is 3.80. The minimum atomic E-state index is -0.515. The number of nitrogens with zero attached hydrogens (tertiary/aromatic N) is 1. The fraction of sp³-hybridized carbons (Fsp3) is 0.500. The first-order valence-electron chi connectivity index (χ1n) is 9.03. The Morgan fingerprint density at radius 2 is 1.76 bits per heavy atom. The molecule has 0 amide bonds. The van der Waals surface area contributed by atoms with Gasteiger partial charge in [-0.05, 0) is 11.5 Å². The summed E-state index contributed by atoms with van der Waals surface area (Å²) in [5, 5.41) is 12.6. The van der Waals surface area contributed by atoms with E-state index in [0.717, 1.165) is 42.5 Å². The zero-order valence-corrected chi connectivity index (χ0v) is 14.4. The molecular formula is C20H25NO4. The molecule has 2 heterocycles. The second-order valence-corrected chi connectivity index (χ2v) is 6.85. The normalized spacial score (nSPS) is 21.6. The predicted octanol–water partition coefficient (Wildman–Crippen LogP) is 2.42. The molecule has 5 heteroatoms. The standard InChI is InChI=1S/C20H25NO4/c22-17(14-21-10-8-20(9-11-21)24-12-13-25-20)15-23-19-7-3-5-16-4-1-2-6-18(16)19/h1-7,17,22H,8-15H2/t17-/m1/s1. The minimum absolute atomic E-state index is 0.294. The van der Waals surface area contributed by atoms with Crippen LogP contribution in [-0.2, 0) is 9.47 Å². The Balaban J connectivity index is 1.28. The topological polar surface area (TPSA) is 51.2 Å². The molecule has 0 aliphatic carbocycles. The molecule has 2 aromatic carbocycles. The van der Waals surface area contributed by atoms with Gasteiger partial charge in [0.15, 0.2) is 5.79 Å². The number of hydrogen-bond acceptors (Lipinski definition) is 5. The molecule has 1 atom stereocenters. The molecule has 2 aliphatic rings. The van der Waals surface area contributed by atoms with Crippen LogP contribution in [-0.4, -0.2) is 61.4 Å². The molecule has 2 aromatic rings. The van der Waals surface area contributed by atoms with Crippen molar-refractivity contribution in [1.82, 2.24) is 4.90 Å². The molecule has 2 fully saturated rings. The Hall–Kier alpha value is -1.66. The molecule has 0 unspecified atom stereocenters. The summed E-state index contributed by atoms with van der Waals surface area (Å²) in [6.45, 7) is 4.06. The molecule has 0 bridgehead atoms. The Bertz CT molecular complexity index is 698. The number of β-amino-alcohol motifs (C(OH)–C–C–N with tert-alkyl or cyclic N) is 1. The van der Waals surface area contributed by atoms with Gasteiger partial charge < -0.3 is 24.2 Å². The highest BCUT2D eigenvalue weighted by Crippen LogP contribution is 2.31. The molecule has 0 radical (unpaired) electrons. The average molecular weight is 343 g/mol. The summed E-state index contributed by atoms with van der Waals surface area (Å²) in [5.74, 6) is 0.462. The number of rotatable bonds is 5. The third-order valence-electron chi connectivity index (χ3n) is 5.08. The van der Waals surface area contributed by atoms with Crippen molar-refractivity contribution in [3.63, 3.8) is 0 Å². The first kappa shape index (κ1) is 16.8. The second kappa shape index (κ2) is 7.30. The quantitative estimate of drug-likeness (QED) is 0.904. The molecule has 1 spiro atoms. The third-order valence-corrected chi connectivity index (χ3v) is 5.08. The zero-order valence-electron chi connectivity index (χ0n) is 14.4. The maximum atomic E-state index is 10.4. The highest BCUT2D eigenvalue weighted by Gasteiger charge is 2.39. The Labute approximate surface area is 148 Å². The SMILES string of the molecule is O[C@@H](COc1cccc2ccccc12)CN1CCC2(CC1)OCCO2. The first-order chi connectivity index (χ1) is 12.2. The van der Waals surface area contributed by atoms with E-state index in [9.17, 15) is 5.11 Å². The predicted molar refractivity (Wildman–Crippen MR) is 95.8 cm³/mol. The van der Waals surface area contributed by atoms with E-state index in [1.54, 1.807) is 0 Å². The van der Waals surface area contributed by atoms with E-state index in [0.29, 0.717) is 26.4 Å². The van der Waals surface area contributed by atoms with Crippen molar-refractivity contribution in [3.8, 4) is 5.75 Å². The van der Waals surface area contributed by atoms with E-state index in [1.807, 2.05) is 30.3 Å². The average Bonchev–Trinajstić information content (AvgIpc) is 3.10. The van der Waals surface area contributed by atoms with Crippen molar-refractivity contribution in [3.05, 3.63) is 42.5 Å². The Morgan fingerprint density at radius 1 is 1.04 bits per heavy atom. The monoisotopic (exact) mass is 343 g/mol. The maximum Gasteiger partial charge on any atom is 0.170 e. The lowest BCUT2D eigenvalue weighted by Gasteiger charge is -2.38. The summed E-state index contributed by atoms with van der Waals surface area (Å²) in [5.41, 5.74) is 0. The van der Waals surface area contributed by atoms with Gasteiger partial charge in [0.25, 0.3) is 0 Å². The molecule has 1 N–H and O–H groups in total. The number of hydrogen-bond donors (Lipinski definition) is 1. The summed E-state index contributed by atoms with van der Waals surface area (Å²) >= 11 is 0. The molecule has 0 saturated carbocycles. The van der Waals surface area contributed by atoms with E-state index < -0.39 is 6.10 Å². The zero-order chi connectivity index (χ0) is 17.1. The number of ether oxygens (including phenoxy) is 3. The van der Waals surface area contributed by atoms with Crippen LogP contribution in [0.15, 0.2) is 42.5 Å². The van der Waals surface area contributed by atoms with Crippen LogP contribution in [0.25, 0.3) is 10.8 Å². The molecule has 2 aliphatic heterocycles. The second-order valence-electron chi connectivity index (χ2n) is 6.85. The molecule has 4 rings (SSSR count). The fourth-order valence-corrected chi connectivity index (χ4v) is 3.72. The van der Waals surface area contributed by atoms with Crippen molar-refractivity contribution in [2.45, 2.75) is 24.7 Å². The van der Waals surface area contributed by atoms with Crippen molar-refractivity contribution in [1.29, 1.82) is 0 Å². The molecule has 134 valence electrons. The highest BCUT2D eigenvalue weighted by molar-refractivity contribution is 5.88. The lowest BCUT2D eigenvalue weighted by molar-refractivity contribution is -0.186.